The van der Waals surface area contributed by atoms with E-state index in [0.717, 1.165) is 0 Å². The Labute approximate surface area is 323 Å². The smallest absolute Gasteiger partial charge is 0.198 e. The molecule has 0 N–H and O–H groups in total. The first kappa shape index (κ1) is 49.1. The molecule has 321 valence electrons. The lowest BCUT2D eigenvalue weighted by atomic mass is 10.0. The van der Waals surface area contributed by atoms with E-state index >= 15 is 0 Å². The van der Waals surface area contributed by atoms with Gasteiger partial charge in [0.05, 0.1) is 0 Å². The van der Waals surface area contributed by atoms with Crippen molar-refractivity contribution in [1.29, 1.82) is 0 Å². The number of halogens is 24. The highest BCUT2D eigenvalue weighted by molar-refractivity contribution is 5.75. The van der Waals surface area contributed by atoms with Crippen molar-refractivity contribution >= 4 is 8.41 Å². The molecule has 61 heavy (non-hydrogen) atoms. The second-order valence-corrected chi connectivity index (χ2v) is 11.1. The molecule has 0 atom stereocenters. The summed E-state index contributed by atoms with van der Waals surface area (Å²) in [7, 11) is 0. The average molecular weight is 905 g/mol. The van der Waals surface area contributed by atoms with Crippen molar-refractivity contribution in [1.82, 2.24) is 0 Å². The van der Waals surface area contributed by atoms with Crippen LogP contribution in [0.5, 0.6) is 0 Å². The third kappa shape index (κ3) is 9.09. The van der Waals surface area contributed by atoms with Gasteiger partial charge in [-0.3, -0.25) is 0 Å². The number of hydrogen-bond donors (Lipinski definition) is 0. The van der Waals surface area contributed by atoms with E-state index in [-0.39, 0.29) is 44.8 Å². The molecule has 0 nitrogen and oxygen atoms in total. The summed E-state index contributed by atoms with van der Waals surface area (Å²) in [6.45, 7) is 0. The van der Waals surface area contributed by atoms with Gasteiger partial charge in [-0.15, -0.1) is 0 Å². The second kappa shape index (κ2) is 18.5. The molecule has 3 radical (unpaired) electrons. The minimum absolute atomic E-state index is 0. The topological polar surface area (TPSA) is 0 Å². The third-order valence-electron chi connectivity index (χ3n) is 7.49. The fourth-order valence-electron chi connectivity index (χ4n) is 4.61. The molecular formula is C36H6BF24. The van der Waals surface area contributed by atoms with Crippen molar-refractivity contribution in [2.45, 2.75) is 0 Å². The van der Waals surface area contributed by atoms with Gasteiger partial charge in [-0.2, -0.15) is 0 Å². The second-order valence-electron chi connectivity index (χ2n) is 11.1. The summed E-state index contributed by atoms with van der Waals surface area (Å²) < 4.78 is 312. The molecule has 25 heteroatoms. The Hall–Kier alpha value is -6.30. The van der Waals surface area contributed by atoms with Gasteiger partial charge in [0.2, 0.25) is 0 Å². The van der Waals surface area contributed by atoms with Crippen LogP contribution >= 0.6 is 0 Å². The van der Waals surface area contributed by atoms with Crippen molar-refractivity contribution in [2.24, 2.45) is 0 Å². The number of rotatable bonds is 3. The van der Waals surface area contributed by atoms with E-state index < -0.39 is 173 Å². The van der Waals surface area contributed by atoms with E-state index in [1.54, 1.807) is 0 Å². The number of hydrogen-bond acceptors (Lipinski definition) is 0. The maximum Gasteiger partial charge on any atom is 0.198 e. The van der Waals surface area contributed by atoms with E-state index in [1.165, 1.54) is 0 Å². The molecule has 6 aromatic carbocycles. The molecule has 0 aliphatic heterocycles. The summed E-state index contributed by atoms with van der Waals surface area (Å²) in [5, 5.41) is 0. The molecule has 0 saturated carbocycles. The highest BCUT2D eigenvalue weighted by Gasteiger charge is 2.29. The zero-order chi connectivity index (χ0) is 45.6. The summed E-state index contributed by atoms with van der Waals surface area (Å²) >= 11 is 0. The summed E-state index contributed by atoms with van der Waals surface area (Å²) in [5.41, 5.74) is -7.68. The van der Waals surface area contributed by atoms with Crippen molar-refractivity contribution < 1.29 is 105 Å². The Kier molecular flexibility index (Phi) is 14.9. The van der Waals surface area contributed by atoms with E-state index in [9.17, 15) is 105 Å². The molecule has 6 rings (SSSR count). The third-order valence-corrected chi connectivity index (χ3v) is 7.49. The van der Waals surface area contributed by atoms with E-state index in [0.29, 0.717) is 0 Å². The van der Waals surface area contributed by atoms with Crippen molar-refractivity contribution in [3.63, 3.8) is 0 Å². The van der Waals surface area contributed by atoms with E-state index in [2.05, 4.69) is 0 Å². The van der Waals surface area contributed by atoms with Crippen molar-refractivity contribution in [3.05, 3.63) is 176 Å². The Morgan fingerprint density at radius 3 is 0.344 bits per heavy atom. The first-order valence-corrected chi connectivity index (χ1v) is 14.7. The van der Waals surface area contributed by atoms with E-state index in [1.807, 2.05) is 0 Å². The van der Waals surface area contributed by atoms with Gasteiger partial charge in [-0.25, -0.2) is 105 Å². The van der Waals surface area contributed by atoms with Gasteiger partial charge < -0.3 is 0 Å². The minimum atomic E-state index is -2.29. The Morgan fingerprint density at radius 1 is 0.148 bits per heavy atom. The average Bonchev–Trinajstić information content (AvgIpc) is 3.22. The highest BCUT2D eigenvalue weighted by Crippen LogP contribution is 2.35. The van der Waals surface area contributed by atoms with Crippen molar-refractivity contribution in [3.8, 4) is 33.4 Å². The first-order chi connectivity index (χ1) is 27.8. The molecule has 0 amide bonds. The molecule has 0 unspecified atom stereocenters. The summed E-state index contributed by atoms with van der Waals surface area (Å²) in [4.78, 5) is 0. The maximum absolute atomic E-state index is 13.4. The van der Waals surface area contributed by atoms with Crippen LogP contribution in [0.3, 0.4) is 0 Å². The number of benzene rings is 6. The normalized spacial score (nSPS) is 10.8. The van der Waals surface area contributed by atoms with Gasteiger partial charge in [-0.1, -0.05) is 0 Å². The Morgan fingerprint density at radius 2 is 0.246 bits per heavy atom. The molecule has 6 aromatic rings. The molecular weight excluding hydrogens is 899 g/mol. The molecule has 0 fully saturated rings. The van der Waals surface area contributed by atoms with Crippen molar-refractivity contribution in [2.75, 3.05) is 0 Å². The lowest BCUT2D eigenvalue weighted by Gasteiger charge is -2.09. The minimum Gasteiger partial charge on any atom is -0.204 e. The van der Waals surface area contributed by atoms with Crippen LogP contribution in [-0.2, 0) is 0 Å². The van der Waals surface area contributed by atoms with Crippen LogP contribution in [0, 0.1) is 140 Å². The molecule has 0 heterocycles. The maximum atomic E-state index is 13.4. The summed E-state index contributed by atoms with van der Waals surface area (Å²) in [6, 6.07) is 0.0175. The van der Waals surface area contributed by atoms with Gasteiger partial charge in [0, 0.05) is 41.8 Å². The zero-order valence-electron chi connectivity index (χ0n) is 28.1. The summed E-state index contributed by atoms with van der Waals surface area (Å²) in [6.07, 6.45) is 0. The van der Waals surface area contributed by atoms with Gasteiger partial charge in [0.25, 0.3) is 0 Å². The SMILES string of the molecule is Fc1cc(-c2cc(F)c(F)c(F)c2F)c(F)c(F)c1F.Fc1cc(-c2cc(F)c(F)c(F)c2F)c(F)c(F)c1F.Fc1cc(-c2cc(F)c(F)c(F)c2F)c(F)c(F)c1F.[B]. The van der Waals surface area contributed by atoms with Gasteiger partial charge in [-0.05, 0) is 36.4 Å². The van der Waals surface area contributed by atoms with Crippen LogP contribution in [0.25, 0.3) is 33.4 Å². The van der Waals surface area contributed by atoms with Crippen LogP contribution in [-0.4, -0.2) is 8.41 Å². The molecule has 0 saturated heterocycles. The Balaban J connectivity index is 0.000000242. The molecule has 0 aliphatic carbocycles. The van der Waals surface area contributed by atoms with Crippen LogP contribution < -0.4 is 0 Å². The van der Waals surface area contributed by atoms with Crippen LogP contribution in [0.1, 0.15) is 0 Å². The molecule has 0 aromatic heterocycles. The molecule has 0 spiro atoms. The van der Waals surface area contributed by atoms with Crippen LogP contribution in [0.4, 0.5) is 105 Å². The standard InChI is InChI=1S/3C12H2F8.B/c3*13-5-1-3(7(15)11(19)9(5)17)4-2-6(14)10(18)12(20)8(4)16;/h3*1-2H;. The van der Waals surface area contributed by atoms with Crippen LogP contribution in [0.15, 0.2) is 36.4 Å². The van der Waals surface area contributed by atoms with Gasteiger partial charge in [0.1, 0.15) is 0 Å². The fraction of sp³-hybridized carbons (Fsp3) is 0. The molecule has 0 aliphatic rings. The zero-order valence-corrected chi connectivity index (χ0v) is 28.1. The lowest BCUT2D eigenvalue weighted by Crippen LogP contribution is -2.03. The lowest BCUT2D eigenvalue weighted by molar-refractivity contribution is 0.404. The van der Waals surface area contributed by atoms with E-state index in [4.69, 9.17) is 0 Å². The molecule has 0 bridgehead atoms. The van der Waals surface area contributed by atoms with Gasteiger partial charge >= 0.3 is 0 Å². The van der Waals surface area contributed by atoms with Crippen LogP contribution in [0.2, 0.25) is 0 Å². The van der Waals surface area contributed by atoms with Gasteiger partial charge in [0.15, 0.2) is 140 Å². The predicted octanol–water partition coefficient (Wildman–Crippen LogP) is 13.0. The predicted molar refractivity (Wildman–Crippen MR) is 160 cm³/mol. The largest absolute Gasteiger partial charge is 0.204 e. The quantitative estimate of drug-likeness (QED) is 0.0718. The highest BCUT2D eigenvalue weighted by atomic mass is 19.2. The Bertz CT molecular complexity index is 2240. The monoisotopic (exact) mass is 905 g/mol. The fourth-order valence-corrected chi connectivity index (χ4v) is 4.61. The summed E-state index contributed by atoms with van der Waals surface area (Å²) in [5.74, 6) is -50.5. The first-order valence-electron chi connectivity index (χ1n) is 14.7.